The van der Waals surface area contributed by atoms with Crippen LogP contribution in [0.4, 0.5) is 0 Å². The van der Waals surface area contributed by atoms with Crippen LogP contribution in [0.2, 0.25) is 5.02 Å². The van der Waals surface area contributed by atoms with Gasteiger partial charge in [0.2, 0.25) is 0 Å². The molecule has 1 N–H and O–H groups in total. The summed E-state index contributed by atoms with van der Waals surface area (Å²) in [5, 5.41) is 3.26. The normalized spacial score (nSPS) is 10.4. The van der Waals surface area contributed by atoms with Crippen molar-refractivity contribution in [2.24, 2.45) is 0 Å². The van der Waals surface area contributed by atoms with Crippen LogP contribution in [0.25, 0.3) is 11.3 Å². The first-order valence-corrected chi connectivity index (χ1v) is 8.69. The van der Waals surface area contributed by atoms with Gasteiger partial charge in [-0.2, -0.15) is 0 Å². The van der Waals surface area contributed by atoms with Crippen LogP contribution in [-0.2, 0) is 6.54 Å². The number of rotatable bonds is 6. The molecule has 0 aliphatic heterocycles. The summed E-state index contributed by atoms with van der Waals surface area (Å²) in [6, 6.07) is 15.5. The lowest BCUT2D eigenvalue weighted by molar-refractivity contribution is 0.0952. The minimum Gasteiger partial charge on any atom is -0.497 e. The van der Waals surface area contributed by atoms with Gasteiger partial charge in [-0.1, -0.05) is 17.7 Å². The van der Waals surface area contributed by atoms with Crippen LogP contribution in [0.15, 0.2) is 65.7 Å². The molecule has 3 aromatic rings. The Bertz CT molecular complexity index is 1000. The molecule has 0 atom stereocenters. The number of methoxy groups -OCH3 is 1. The second kappa shape index (κ2) is 8.51. The Morgan fingerprint density at radius 3 is 2.63 bits per heavy atom. The van der Waals surface area contributed by atoms with Crippen LogP contribution >= 0.6 is 11.6 Å². The van der Waals surface area contributed by atoms with Crippen LogP contribution in [0.1, 0.15) is 10.4 Å². The standard InChI is InChI=1S/C20H18ClN3O3/c1-27-17-7-5-14(6-8-17)18-12-19(25)24(13-23-18)10-9-22-20(26)15-3-2-4-16(21)11-15/h2-8,11-13H,9-10H2,1H3,(H,22,26). The van der Waals surface area contributed by atoms with Gasteiger partial charge in [-0.15, -0.1) is 0 Å². The fraction of sp³-hybridized carbons (Fsp3) is 0.150. The number of amides is 1. The van der Waals surface area contributed by atoms with Crippen molar-refractivity contribution in [2.45, 2.75) is 6.54 Å². The molecular formula is C20H18ClN3O3. The summed E-state index contributed by atoms with van der Waals surface area (Å²) in [5.41, 5.74) is 1.70. The lowest BCUT2D eigenvalue weighted by atomic mass is 10.1. The zero-order chi connectivity index (χ0) is 19.2. The zero-order valence-electron chi connectivity index (χ0n) is 14.7. The van der Waals surface area contributed by atoms with Crippen molar-refractivity contribution < 1.29 is 9.53 Å². The molecule has 0 aliphatic carbocycles. The molecule has 0 saturated carbocycles. The highest BCUT2D eigenvalue weighted by atomic mass is 35.5. The maximum absolute atomic E-state index is 12.3. The third kappa shape index (κ3) is 4.74. The molecule has 1 heterocycles. The smallest absolute Gasteiger partial charge is 0.253 e. The molecule has 1 amide bonds. The van der Waals surface area contributed by atoms with Crippen molar-refractivity contribution >= 4 is 17.5 Å². The van der Waals surface area contributed by atoms with Crippen LogP contribution in [0, 0.1) is 0 Å². The Morgan fingerprint density at radius 2 is 1.96 bits per heavy atom. The second-order valence-electron chi connectivity index (χ2n) is 5.80. The molecular weight excluding hydrogens is 366 g/mol. The largest absolute Gasteiger partial charge is 0.497 e. The molecule has 0 aliphatic rings. The van der Waals surface area contributed by atoms with Gasteiger partial charge in [0.25, 0.3) is 11.5 Å². The molecule has 0 unspecified atom stereocenters. The molecule has 0 radical (unpaired) electrons. The number of hydrogen-bond donors (Lipinski definition) is 1. The predicted molar refractivity (Wildman–Crippen MR) is 104 cm³/mol. The van der Waals surface area contributed by atoms with Gasteiger partial charge < -0.3 is 10.1 Å². The van der Waals surface area contributed by atoms with Crippen LogP contribution < -0.4 is 15.6 Å². The van der Waals surface area contributed by atoms with Gasteiger partial charge in [0, 0.05) is 35.3 Å². The molecule has 0 spiro atoms. The van der Waals surface area contributed by atoms with Gasteiger partial charge in [-0.3, -0.25) is 14.2 Å². The summed E-state index contributed by atoms with van der Waals surface area (Å²) in [4.78, 5) is 28.7. The van der Waals surface area contributed by atoms with Crippen molar-refractivity contribution in [1.82, 2.24) is 14.9 Å². The van der Waals surface area contributed by atoms with E-state index in [1.165, 1.54) is 17.0 Å². The van der Waals surface area contributed by atoms with Gasteiger partial charge in [-0.25, -0.2) is 4.98 Å². The number of nitrogens with zero attached hydrogens (tertiary/aromatic N) is 2. The van der Waals surface area contributed by atoms with Gasteiger partial charge in [0.1, 0.15) is 5.75 Å². The first-order chi connectivity index (χ1) is 13.1. The van der Waals surface area contributed by atoms with Crippen molar-refractivity contribution in [3.05, 3.63) is 81.9 Å². The fourth-order valence-corrected chi connectivity index (χ4v) is 2.73. The number of benzene rings is 2. The number of nitrogens with one attached hydrogen (secondary N) is 1. The van der Waals surface area contributed by atoms with Crippen molar-refractivity contribution in [3.8, 4) is 17.0 Å². The van der Waals surface area contributed by atoms with Crippen LogP contribution in [-0.4, -0.2) is 29.1 Å². The average Bonchev–Trinajstić information content (AvgIpc) is 2.69. The molecule has 3 rings (SSSR count). The SMILES string of the molecule is COc1ccc(-c2cc(=O)n(CCNC(=O)c3cccc(Cl)c3)cn2)cc1. The van der Waals surface area contributed by atoms with E-state index in [1.54, 1.807) is 31.4 Å². The number of aromatic nitrogens is 2. The van der Waals surface area contributed by atoms with E-state index in [-0.39, 0.29) is 11.5 Å². The average molecular weight is 384 g/mol. The van der Waals surface area contributed by atoms with Crippen molar-refractivity contribution in [1.29, 1.82) is 0 Å². The lowest BCUT2D eigenvalue weighted by Crippen LogP contribution is -2.30. The zero-order valence-corrected chi connectivity index (χ0v) is 15.4. The van der Waals surface area contributed by atoms with Crippen LogP contribution in [0.5, 0.6) is 5.75 Å². The van der Waals surface area contributed by atoms with Gasteiger partial charge in [0.15, 0.2) is 0 Å². The van der Waals surface area contributed by atoms with Crippen molar-refractivity contribution in [3.63, 3.8) is 0 Å². The Kier molecular flexibility index (Phi) is 5.88. The van der Waals surface area contributed by atoms with Gasteiger partial charge in [-0.05, 0) is 42.5 Å². The number of ether oxygens (including phenoxy) is 1. The molecule has 1 aromatic heterocycles. The third-order valence-electron chi connectivity index (χ3n) is 3.99. The highest BCUT2D eigenvalue weighted by Crippen LogP contribution is 2.19. The lowest BCUT2D eigenvalue weighted by Gasteiger charge is -2.09. The third-order valence-corrected chi connectivity index (χ3v) is 4.23. The Hall–Kier alpha value is -3.12. The molecule has 27 heavy (non-hydrogen) atoms. The molecule has 2 aromatic carbocycles. The number of halogens is 1. The number of hydrogen-bond acceptors (Lipinski definition) is 4. The molecule has 0 bridgehead atoms. The van der Waals surface area contributed by atoms with Gasteiger partial charge in [0.05, 0.1) is 19.1 Å². The van der Waals surface area contributed by atoms with E-state index in [0.717, 1.165) is 11.3 Å². The summed E-state index contributed by atoms with van der Waals surface area (Å²) >= 11 is 5.88. The molecule has 0 saturated heterocycles. The predicted octanol–water partition coefficient (Wildman–Crippen LogP) is 3.00. The Labute approximate surface area is 161 Å². The first kappa shape index (κ1) is 18.7. The second-order valence-corrected chi connectivity index (χ2v) is 6.24. The number of carbonyl (C=O) groups excluding carboxylic acids is 1. The highest BCUT2D eigenvalue weighted by molar-refractivity contribution is 6.30. The van der Waals surface area contributed by atoms with E-state index in [0.29, 0.717) is 29.4 Å². The summed E-state index contributed by atoms with van der Waals surface area (Å²) in [6.45, 7) is 0.621. The molecule has 0 fully saturated rings. The van der Waals surface area contributed by atoms with E-state index >= 15 is 0 Å². The van der Waals surface area contributed by atoms with Crippen molar-refractivity contribution in [2.75, 3.05) is 13.7 Å². The summed E-state index contributed by atoms with van der Waals surface area (Å²) in [5.74, 6) is 0.496. The van der Waals surface area contributed by atoms with Crippen LogP contribution in [0.3, 0.4) is 0 Å². The molecule has 6 nitrogen and oxygen atoms in total. The maximum atomic E-state index is 12.3. The van der Waals surface area contributed by atoms with Gasteiger partial charge >= 0.3 is 0 Å². The van der Waals surface area contributed by atoms with E-state index in [4.69, 9.17) is 16.3 Å². The maximum Gasteiger partial charge on any atom is 0.253 e. The first-order valence-electron chi connectivity index (χ1n) is 8.31. The monoisotopic (exact) mass is 383 g/mol. The van der Waals surface area contributed by atoms with E-state index in [2.05, 4.69) is 10.3 Å². The Morgan fingerprint density at radius 1 is 1.19 bits per heavy atom. The molecule has 7 heteroatoms. The Balaban J connectivity index is 1.62. The minimum absolute atomic E-state index is 0.187. The van der Waals surface area contributed by atoms with E-state index in [9.17, 15) is 9.59 Å². The highest BCUT2D eigenvalue weighted by Gasteiger charge is 2.07. The quantitative estimate of drug-likeness (QED) is 0.710. The summed E-state index contributed by atoms with van der Waals surface area (Å²) < 4.78 is 6.57. The van der Waals surface area contributed by atoms with E-state index in [1.807, 2.05) is 24.3 Å². The summed E-state index contributed by atoms with van der Waals surface area (Å²) in [7, 11) is 1.60. The summed E-state index contributed by atoms with van der Waals surface area (Å²) in [6.07, 6.45) is 1.48. The fourth-order valence-electron chi connectivity index (χ4n) is 2.54. The van der Waals surface area contributed by atoms with E-state index < -0.39 is 0 Å². The number of carbonyl (C=O) groups is 1. The molecule has 138 valence electrons. The topological polar surface area (TPSA) is 73.2 Å². The minimum atomic E-state index is -0.242.